The fraction of sp³-hybridized carbons (Fsp3) is 0.632. The van der Waals surface area contributed by atoms with Crippen LogP contribution in [0.4, 0.5) is 0 Å². The van der Waals surface area contributed by atoms with E-state index < -0.39 is 10.0 Å². The molecule has 0 radical (unpaired) electrons. The maximum atomic E-state index is 13.0. The first-order chi connectivity index (χ1) is 11.9. The van der Waals surface area contributed by atoms with Crippen LogP contribution in [0.3, 0.4) is 0 Å². The molecule has 1 heterocycles. The summed E-state index contributed by atoms with van der Waals surface area (Å²) < 4.78 is 27.5. The number of nitrogens with one attached hydrogen (secondary N) is 1. The molecule has 1 amide bonds. The molecule has 1 fully saturated rings. The molecule has 0 aromatic heterocycles. The van der Waals surface area contributed by atoms with Crippen molar-refractivity contribution in [2.24, 2.45) is 0 Å². The van der Waals surface area contributed by atoms with Crippen molar-refractivity contribution in [3.63, 3.8) is 0 Å². The number of aryl methyl sites for hydroxylation is 2. The molecule has 0 aliphatic carbocycles. The summed E-state index contributed by atoms with van der Waals surface area (Å²) in [5.41, 5.74) is 1.41. The molecule has 1 aliphatic heterocycles. The summed E-state index contributed by atoms with van der Waals surface area (Å²) >= 11 is 0. The summed E-state index contributed by atoms with van der Waals surface area (Å²) in [5, 5.41) is 2.98. The molecule has 1 N–H and O–H groups in total. The minimum Gasteiger partial charge on any atom is -0.350 e. The Labute approximate surface area is 157 Å². The van der Waals surface area contributed by atoms with E-state index in [-0.39, 0.29) is 17.5 Å². The van der Waals surface area contributed by atoms with Gasteiger partial charge < -0.3 is 5.32 Å². The third-order valence-electron chi connectivity index (χ3n) is 4.66. The van der Waals surface area contributed by atoms with Gasteiger partial charge in [0.05, 0.1) is 10.9 Å². The average Bonchev–Trinajstić information content (AvgIpc) is 2.54. The normalized spacial score (nSPS) is 18.5. The van der Waals surface area contributed by atoms with Gasteiger partial charge in [-0.15, -0.1) is 0 Å². The van der Waals surface area contributed by atoms with E-state index >= 15 is 0 Å². The highest BCUT2D eigenvalue weighted by atomic mass is 32.2. The molecule has 6 nitrogen and oxygen atoms in total. The quantitative estimate of drug-likeness (QED) is 0.865. The number of benzene rings is 1. The van der Waals surface area contributed by atoms with Crippen LogP contribution in [0.5, 0.6) is 0 Å². The van der Waals surface area contributed by atoms with Crippen LogP contribution >= 0.6 is 0 Å². The standard InChI is InChI=1S/C19H31N3O3S/c1-14-7-8-15(2)17(13-14)26(24,25)22-11-9-21(10-12-22)16(3)18(23)20-19(4,5)6/h7-8,13,16H,9-12H2,1-6H3,(H,20,23)/t16-/m1/s1. The van der Waals surface area contributed by atoms with Gasteiger partial charge in [0.1, 0.15) is 0 Å². The molecule has 0 spiro atoms. The van der Waals surface area contributed by atoms with Gasteiger partial charge in [-0.2, -0.15) is 4.31 Å². The maximum Gasteiger partial charge on any atom is 0.243 e. The highest BCUT2D eigenvalue weighted by molar-refractivity contribution is 7.89. The van der Waals surface area contributed by atoms with Crippen molar-refractivity contribution in [2.75, 3.05) is 26.2 Å². The van der Waals surface area contributed by atoms with Crippen LogP contribution in [-0.2, 0) is 14.8 Å². The molecule has 26 heavy (non-hydrogen) atoms. The molecule has 1 atom stereocenters. The van der Waals surface area contributed by atoms with E-state index in [9.17, 15) is 13.2 Å². The largest absolute Gasteiger partial charge is 0.350 e. The summed E-state index contributed by atoms with van der Waals surface area (Å²) in [6.07, 6.45) is 0. The lowest BCUT2D eigenvalue weighted by Crippen LogP contribution is -2.56. The van der Waals surface area contributed by atoms with Gasteiger partial charge in [0.25, 0.3) is 0 Å². The summed E-state index contributed by atoms with van der Waals surface area (Å²) in [7, 11) is -3.51. The summed E-state index contributed by atoms with van der Waals surface area (Å²) in [6.45, 7) is 13.3. The summed E-state index contributed by atoms with van der Waals surface area (Å²) in [5.74, 6) is -0.0247. The summed E-state index contributed by atoms with van der Waals surface area (Å²) in [6, 6.07) is 5.22. The Hall–Kier alpha value is -1.44. The number of amides is 1. The molecule has 1 saturated heterocycles. The predicted molar refractivity (Wildman–Crippen MR) is 104 cm³/mol. The van der Waals surface area contributed by atoms with Crippen molar-refractivity contribution in [3.05, 3.63) is 29.3 Å². The number of hydrogen-bond acceptors (Lipinski definition) is 4. The minimum absolute atomic E-state index is 0.0247. The van der Waals surface area contributed by atoms with E-state index in [4.69, 9.17) is 0 Å². The molecule has 1 aromatic rings. The zero-order chi connectivity index (χ0) is 19.7. The highest BCUT2D eigenvalue weighted by Gasteiger charge is 2.33. The van der Waals surface area contributed by atoms with Crippen LogP contribution in [0.15, 0.2) is 23.1 Å². The number of carbonyl (C=O) groups is 1. The summed E-state index contributed by atoms with van der Waals surface area (Å²) in [4.78, 5) is 14.8. The number of piperazine rings is 1. The molecule has 0 saturated carbocycles. The zero-order valence-electron chi connectivity index (χ0n) is 16.7. The molecule has 2 rings (SSSR count). The lowest BCUT2D eigenvalue weighted by molar-refractivity contribution is -0.127. The van der Waals surface area contributed by atoms with E-state index in [1.54, 1.807) is 6.07 Å². The van der Waals surface area contributed by atoms with Crippen LogP contribution in [0.1, 0.15) is 38.8 Å². The Bertz CT molecular complexity index is 761. The van der Waals surface area contributed by atoms with Gasteiger partial charge in [0.2, 0.25) is 15.9 Å². The van der Waals surface area contributed by atoms with E-state index in [1.807, 2.05) is 58.6 Å². The van der Waals surface area contributed by atoms with Gasteiger partial charge in [0, 0.05) is 31.7 Å². The Kier molecular flexibility index (Phi) is 6.15. The first-order valence-electron chi connectivity index (χ1n) is 9.05. The molecule has 7 heteroatoms. The van der Waals surface area contributed by atoms with Crippen LogP contribution in [0.2, 0.25) is 0 Å². The van der Waals surface area contributed by atoms with Crippen LogP contribution in [0.25, 0.3) is 0 Å². The van der Waals surface area contributed by atoms with Crippen LogP contribution < -0.4 is 5.32 Å². The first kappa shape index (κ1) is 20.9. The molecule has 0 bridgehead atoms. The number of carbonyl (C=O) groups excluding carboxylic acids is 1. The molecule has 146 valence electrons. The van der Waals surface area contributed by atoms with Crippen molar-refractivity contribution in [3.8, 4) is 0 Å². The third-order valence-corrected chi connectivity index (χ3v) is 6.70. The fourth-order valence-corrected chi connectivity index (χ4v) is 4.83. The predicted octanol–water partition coefficient (Wildman–Crippen LogP) is 1.91. The van der Waals surface area contributed by atoms with Gasteiger partial charge in [0.15, 0.2) is 0 Å². The molecule has 1 aromatic carbocycles. The van der Waals surface area contributed by atoms with Gasteiger partial charge >= 0.3 is 0 Å². The van der Waals surface area contributed by atoms with Crippen LogP contribution in [-0.4, -0.2) is 61.3 Å². The second-order valence-corrected chi connectivity index (χ2v) is 10.0. The SMILES string of the molecule is Cc1ccc(C)c(S(=O)(=O)N2CCN([C@H](C)C(=O)NC(C)(C)C)CC2)c1. The minimum atomic E-state index is -3.51. The Morgan fingerprint density at radius 2 is 1.69 bits per heavy atom. The molecule has 1 aliphatic rings. The third kappa shape index (κ3) is 4.84. The highest BCUT2D eigenvalue weighted by Crippen LogP contribution is 2.23. The molecular formula is C19H31N3O3S. The lowest BCUT2D eigenvalue weighted by atomic mass is 10.1. The Morgan fingerprint density at radius 1 is 1.12 bits per heavy atom. The van der Waals surface area contributed by atoms with Crippen molar-refractivity contribution in [1.82, 2.24) is 14.5 Å². The fourth-order valence-electron chi connectivity index (χ4n) is 3.10. The topological polar surface area (TPSA) is 69.7 Å². The molecular weight excluding hydrogens is 350 g/mol. The molecule has 0 unspecified atom stereocenters. The monoisotopic (exact) mass is 381 g/mol. The number of nitrogens with zero attached hydrogens (tertiary/aromatic N) is 2. The smallest absolute Gasteiger partial charge is 0.243 e. The van der Waals surface area contributed by atoms with Gasteiger partial charge in [-0.05, 0) is 58.7 Å². The number of rotatable bonds is 4. The van der Waals surface area contributed by atoms with Crippen molar-refractivity contribution in [2.45, 2.75) is 58.0 Å². The maximum absolute atomic E-state index is 13.0. The van der Waals surface area contributed by atoms with E-state index in [1.165, 1.54) is 4.31 Å². The van der Waals surface area contributed by atoms with Crippen molar-refractivity contribution < 1.29 is 13.2 Å². The van der Waals surface area contributed by atoms with Gasteiger partial charge in [-0.1, -0.05) is 12.1 Å². The number of hydrogen-bond donors (Lipinski definition) is 1. The van der Waals surface area contributed by atoms with Crippen LogP contribution in [0, 0.1) is 13.8 Å². The van der Waals surface area contributed by atoms with E-state index in [0.29, 0.717) is 31.1 Å². The Morgan fingerprint density at radius 3 is 2.23 bits per heavy atom. The first-order valence-corrected chi connectivity index (χ1v) is 10.5. The van der Waals surface area contributed by atoms with Crippen molar-refractivity contribution in [1.29, 1.82) is 0 Å². The van der Waals surface area contributed by atoms with E-state index in [0.717, 1.165) is 11.1 Å². The lowest BCUT2D eigenvalue weighted by Gasteiger charge is -2.37. The second-order valence-electron chi connectivity index (χ2n) is 8.12. The van der Waals surface area contributed by atoms with Gasteiger partial charge in [-0.3, -0.25) is 9.69 Å². The van der Waals surface area contributed by atoms with Crippen molar-refractivity contribution >= 4 is 15.9 Å². The number of sulfonamides is 1. The van der Waals surface area contributed by atoms with Gasteiger partial charge in [-0.25, -0.2) is 8.42 Å². The average molecular weight is 382 g/mol. The second kappa shape index (κ2) is 7.66. The zero-order valence-corrected chi connectivity index (χ0v) is 17.5. The van der Waals surface area contributed by atoms with E-state index in [2.05, 4.69) is 5.32 Å². The Balaban J connectivity index is 2.06.